The molecule has 3 rings (SSSR count). The van der Waals surface area contributed by atoms with Gasteiger partial charge in [0.05, 0.1) is 10.6 Å². The van der Waals surface area contributed by atoms with Gasteiger partial charge in [0.25, 0.3) is 0 Å². The molecule has 0 saturated heterocycles. The molecule has 114 valence electrons. The topological polar surface area (TPSA) is 17.1 Å². The Hall–Kier alpha value is -0.410. The molecule has 2 fully saturated rings. The number of carbonyl (C=O) groups is 1. The summed E-state index contributed by atoms with van der Waals surface area (Å²) in [5, 5.41) is 0.395. The van der Waals surface area contributed by atoms with E-state index in [0.717, 1.165) is 25.2 Å². The second-order valence-electron chi connectivity index (χ2n) is 6.43. The third kappa shape index (κ3) is 3.19. The van der Waals surface area contributed by atoms with E-state index in [4.69, 9.17) is 11.6 Å². The van der Waals surface area contributed by atoms with Gasteiger partial charge in [-0.3, -0.25) is 4.79 Å². The number of halogens is 3. The van der Waals surface area contributed by atoms with Crippen LogP contribution in [-0.2, 0) is 0 Å². The minimum Gasteiger partial charge on any atom is -0.294 e. The molecule has 4 heteroatoms. The molecule has 1 nitrogen and oxygen atoms in total. The van der Waals surface area contributed by atoms with Gasteiger partial charge < -0.3 is 0 Å². The highest BCUT2D eigenvalue weighted by Crippen LogP contribution is 2.43. The van der Waals surface area contributed by atoms with E-state index < -0.39 is 5.82 Å². The van der Waals surface area contributed by atoms with Crippen molar-refractivity contribution in [2.24, 2.45) is 17.8 Å². The van der Waals surface area contributed by atoms with Crippen molar-refractivity contribution < 1.29 is 9.18 Å². The number of ketones is 1. The van der Waals surface area contributed by atoms with Crippen LogP contribution < -0.4 is 0 Å². The maximum Gasteiger partial charge on any atom is 0.168 e. The average molecular weight is 374 g/mol. The molecule has 0 N–H and O–H groups in total. The normalized spacial score (nSPS) is 29.0. The molecule has 0 aliphatic heterocycles. The smallest absolute Gasteiger partial charge is 0.168 e. The Balaban J connectivity index is 1.78. The largest absolute Gasteiger partial charge is 0.294 e. The Morgan fingerprint density at radius 2 is 1.86 bits per heavy atom. The molecule has 2 aliphatic rings. The lowest BCUT2D eigenvalue weighted by Gasteiger charge is -2.38. The Bertz CT molecular complexity index is 560. The van der Waals surface area contributed by atoms with Gasteiger partial charge in [0.2, 0.25) is 0 Å². The number of carbonyl (C=O) groups excluding carboxylic acids is 1. The van der Waals surface area contributed by atoms with Gasteiger partial charge in [0.1, 0.15) is 5.82 Å². The third-order valence-electron chi connectivity index (χ3n) is 5.19. The van der Waals surface area contributed by atoms with Gasteiger partial charge in [-0.1, -0.05) is 37.3 Å². The first-order valence-electron chi connectivity index (χ1n) is 7.75. The zero-order valence-electron chi connectivity index (χ0n) is 11.9. The van der Waals surface area contributed by atoms with Crippen LogP contribution in [0.2, 0.25) is 5.02 Å². The van der Waals surface area contributed by atoms with Crippen molar-refractivity contribution in [3.63, 3.8) is 0 Å². The molecule has 0 bridgehead atoms. The lowest BCUT2D eigenvalue weighted by atomic mass is 9.66. The van der Waals surface area contributed by atoms with E-state index >= 15 is 0 Å². The van der Waals surface area contributed by atoms with Crippen LogP contribution >= 0.6 is 27.5 Å². The van der Waals surface area contributed by atoms with Crippen molar-refractivity contribution in [1.82, 2.24) is 0 Å². The second kappa shape index (κ2) is 6.37. The van der Waals surface area contributed by atoms with Crippen molar-refractivity contribution in [3.05, 3.63) is 33.0 Å². The first-order chi connectivity index (χ1) is 10.1. The molecular weight excluding hydrogens is 355 g/mol. The second-order valence-corrected chi connectivity index (χ2v) is 7.69. The Morgan fingerprint density at radius 3 is 2.62 bits per heavy atom. The van der Waals surface area contributed by atoms with Crippen LogP contribution in [0.5, 0.6) is 0 Å². The third-order valence-corrected chi connectivity index (χ3v) is 6.38. The van der Waals surface area contributed by atoms with Crippen LogP contribution in [0.4, 0.5) is 4.39 Å². The van der Waals surface area contributed by atoms with E-state index in [1.807, 2.05) is 0 Å². The zero-order valence-corrected chi connectivity index (χ0v) is 14.2. The van der Waals surface area contributed by atoms with Crippen molar-refractivity contribution in [2.75, 3.05) is 0 Å². The van der Waals surface area contributed by atoms with Crippen LogP contribution in [0.25, 0.3) is 0 Å². The van der Waals surface area contributed by atoms with Crippen molar-refractivity contribution in [2.45, 2.75) is 44.9 Å². The van der Waals surface area contributed by atoms with Gasteiger partial charge in [-0.2, -0.15) is 0 Å². The number of fused-ring (bicyclic) bond motifs is 1. The van der Waals surface area contributed by atoms with Crippen LogP contribution in [0.3, 0.4) is 0 Å². The van der Waals surface area contributed by atoms with Gasteiger partial charge >= 0.3 is 0 Å². The quantitative estimate of drug-likeness (QED) is 0.457. The van der Waals surface area contributed by atoms with E-state index in [1.165, 1.54) is 37.8 Å². The molecule has 0 amide bonds. The molecular formula is C17H19BrClFO. The zero-order chi connectivity index (χ0) is 15.0. The number of hydrogen-bond donors (Lipinski definition) is 0. The molecule has 0 heterocycles. The first kappa shape index (κ1) is 15.5. The highest BCUT2D eigenvalue weighted by Gasteiger charge is 2.36. The molecule has 2 saturated carbocycles. The lowest BCUT2D eigenvalue weighted by Crippen LogP contribution is -2.31. The fourth-order valence-electron chi connectivity index (χ4n) is 4.04. The van der Waals surface area contributed by atoms with E-state index in [0.29, 0.717) is 15.4 Å². The van der Waals surface area contributed by atoms with Crippen LogP contribution in [-0.4, -0.2) is 5.78 Å². The molecule has 3 atom stereocenters. The fourth-order valence-corrected chi connectivity index (χ4v) is 4.52. The molecule has 1 aromatic carbocycles. The minimum atomic E-state index is -0.470. The van der Waals surface area contributed by atoms with Gasteiger partial charge in [0, 0.05) is 10.4 Å². The number of Topliss-reactive ketones (excluding diaryl/α,β-unsaturated/α-hetero) is 1. The number of benzene rings is 1. The first-order valence-corrected chi connectivity index (χ1v) is 8.92. The van der Waals surface area contributed by atoms with Crippen LogP contribution in [0.15, 0.2) is 16.6 Å². The summed E-state index contributed by atoms with van der Waals surface area (Å²) in [6.07, 6.45) is 8.09. The van der Waals surface area contributed by atoms with E-state index in [-0.39, 0.29) is 17.3 Å². The maximum atomic E-state index is 14.1. The van der Waals surface area contributed by atoms with Gasteiger partial charge in [-0.15, -0.1) is 0 Å². The molecule has 1 aromatic rings. The van der Waals surface area contributed by atoms with E-state index in [2.05, 4.69) is 15.9 Å². The van der Waals surface area contributed by atoms with Crippen LogP contribution in [0.1, 0.15) is 55.3 Å². The predicted molar refractivity (Wildman–Crippen MR) is 86.2 cm³/mol. The van der Waals surface area contributed by atoms with Crippen LogP contribution in [0, 0.1) is 23.6 Å². The number of hydrogen-bond acceptors (Lipinski definition) is 1. The molecule has 0 radical (unpaired) electrons. The van der Waals surface area contributed by atoms with Gasteiger partial charge in [0.15, 0.2) is 5.78 Å². The number of rotatable bonds is 2. The Kier molecular flexibility index (Phi) is 4.70. The molecule has 0 spiro atoms. The molecule has 21 heavy (non-hydrogen) atoms. The predicted octanol–water partition coefficient (Wildman–Crippen LogP) is 6.03. The lowest BCUT2D eigenvalue weighted by molar-refractivity contribution is 0.0759. The van der Waals surface area contributed by atoms with Crippen molar-refractivity contribution >= 4 is 33.3 Å². The Morgan fingerprint density at radius 1 is 1.14 bits per heavy atom. The van der Waals surface area contributed by atoms with Crippen molar-refractivity contribution in [1.29, 1.82) is 0 Å². The van der Waals surface area contributed by atoms with Gasteiger partial charge in [-0.05, 0) is 59.2 Å². The van der Waals surface area contributed by atoms with Gasteiger partial charge in [-0.25, -0.2) is 4.39 Å². The summed E-state index contributed by atoms with van der Waals surface area (Å²) in [4.78, 5) is 12.6. The minimum absolute atomic E-state index is 0.0314. The summed E-state index contributed by atoms with van der Waals surface area (Å²) < 4.78 is 14.6. The highest BCUT2D eigenvalue weighted by molar-refractivity contribution is 9.10. The molecule has 2 aliphatic carbocycles. The summed E-state index contributed by atoms with van der Waals surface area (Å²) in [5.74, 6) is 0.889. The average Bonchev–Trinajstić information content (AvgIpc) is 2.50. The highest BCUT2D eigenvalue weighted by atomic mass is 79.9. The monoisotopic (exact) mass is 372 g/mol. The molecule has 0 aromatic heterocycles. The maximum absolute atomic E-state index is 14.1. The summed E-state index contributed by atoms with van der Waals surface area (Å²) in [6, 6.07) is 2.76. The fraction of sp³-hybridized carbons (Fsp3) is 0.588. The summed E-state index contributed by atoms with van der Waals surface area (Å²) in [7, 11) is 0. The summed E-state index contributed by atoms with van der Waals surface area (Å²) in [6.45, 7) is 0. The SMILES string of the molecule is O=C(c1cc(Cl)c(Br)cc1F)C1CCC2CCCCC2C1. The summed E-state index contributed by atoms with van der Waals surface area (Å²) in [5.41, 5.74) is 0.155. The molecule has 3 unspecified atom stereocenters. The summed E-state index contributed by atoms with van der Waals surface area (Å²) >= 11 is 9.20. The standard InChI is InChI=1S/C17H19BrClFO/c18-14-9-16(20)13(8-15(14)19)17(21)12-6-5-10-3-1-2-4-11(10)7-12/h8-12H,1-7H2. The van der Waals surface area contributed by atoms with E-state index in [9.17, 15) is 9.18 Å². The van der Waals surface area contributed by atoms with E-state index in [1.54, 1.807) is 0 Å². The van der Waals surface area contributed by atoms with Crippen molar-refractivity contribution in [3.8, 4) is 0 Å². The Labute approximate surface area is 138 Å².